The Morgan fingerprint density at radius 1 is 1.12 bits per heavy atom. The van der Waals surface area contributed by atoms with Crippen LogP contribution in [0, 0.1) is 0 Å². The first-order valence-electron chi connectivity index (χ1n) is 8.24. The Labute approximate surface area is 151 Å². The molecule has 2 amide bonds. The zero-order valence-electron chi connectivity index (χ0n) is 14.4. The second kappa shape index (κ2) is 7.77. The molecule has 2 aromatic carbocycles. The fraction of sp³-hybridized carbons (Fsp3) is 0.263. The molecule has 0 saturated heterocycles. The highest BCUT2D eigenvalue weighted by Crippen LogP contribution is 2.32. The molecule has 3 N–H and O–H groups in total. The Kier molecular flexibility index (Phi) is 5.26. The van der Waals surface area contributed by atoms with Crippen LogP contribution in [0.1, 0.15) is 28.9 Å². The lowest BCUT2D eigenvalue weighted by Crippen LogP contribution is -2.31. The molecular weight excluding hydrogens is 336 g/mol. The van der Waals surface area contributed by atoms with Crippen molar-refractivity contribution < 1.29 is 23.8 Å². The molecule has 26 heavy (non-hydrogen) atoms. The molecule has 1 aliphatic rings. The van der Waals surface area contributed by atoms with Crippen molar-refractivity contribution >= 4 is 11.8 Å². The van der Waals surface area contributed by atoms with E-state index in [2.05, 4.69) is 5.32 Å². The zero-order valence-corrected chi connectivity index (χ0v) is 14.4. The van der Waals surface area contributed by atoms with Gasteiger partial charge in [-0.2, -0.15) is 0 Å². The van der Waals surface area contributed by atoms with E-state index >= 15 is 0 Å². The third-order valence-electron chi connectivity index (χ3n) is 3.95. The number of hydrogen-bond donors (Lipinski definition) is 2. The lowest BCUT2D eigenvalue weighted by Gasteiger charge is -2.21. The minimum absolute atomic E-state index is 0.134. The Balaban J connectivity index is 1.53. The Morgan fingerprint density at radius 3 is 2.50 bits per heavy atom. The predicted octanol–water partition coefficient (Wildman–Crippen LogP) is 1.81. The minimum atomic E-state index is -0.512. The fourth-order valence-corrected chi connectivity index (χ4v) is 2.56. The molecular formula is C19H20N2O5. The molecule has 7 nitrogen and oxygen atoms in total. The fourth-order valence-electron chi connectivity index (χ4n) is 2.56. The molecule has 0 bridgehead atoms. The van der Waals surface area contributed by atoms with E-state index in [1.54, 1.807) is 24.3 Å². The molecule has 1 atom stereocenters. The van der Waals surface area contributed by atoms with Crippen LogP contribution in [-0.4, -0.2) is 31.6 Å². The molecule has 1 aliphatic heterocycles. The van der Waals surface area contributed by atoms with Crippen LogP contribution in [0.15, 0.2) is 42.5 Å². The Morgan fingerprint density at radius 2 is 1.81 bits per heavy atom. The first-order valence-corrected chi connectivity index (χ1v) is 8.24. The molecule has 7 heteroatoms. The number of rotatable bonds is 6. The smallest absolute Gasteiger partial charge is 0.258 e. The van der Waals surface area contributed by atoms with Gasteiger partial charge in [-0.3, -0.25) is 9.59 Å². The summed E-state index contributed by atoms with van der Waals surface area (Å²) < 4.78 is 16.5. The first kappa shape index (κ1) is 17.6. The number of carbonyl (C=O) groups excluding carboxylic acids is 2. The first-order chi connectivity index (χ1) is 12.5. The van der Waals surface area contributed by atoms with Gasteiger partial charge in [0.2, 0.25) is 5.91 Å². The average Bonchev–Trinajstić information content (AvgIpc) is 2.66. The molecule has 0 spiro atoms. The van der Waals surface area contributed by atoms with Crippen LogP contribution in [-0.2, 0) is 4.79 Å². The molecule has 3 rings (SSSR count). The third kappa shape index (κ3) is 4.24. The second-order valence-corrected chi connectivity index (χ2v) is 5.87. The Bertz CT molecular complexity index is 804. The van der Waals surface area contributed by atoms with E-state index in [0.717, 1.165) is 5.56 Å². The zero-order chi connectivity index (χ0) is 18.5. The van der Waals surface area contributed by atoms with Gasteiger partial charge in [-0.15, -0.1) is 0 Å². The maximum absolute atomic E-state index is 12.1. The van der Waals surface area contributed by atoms with Crippen LogP contribution in [0.25, 0.3) is 0 Å². The molecule has 1 heterocycles. The largest absolute Gasteiger partial charge is 0.486 e. The minimum Gasteiger partial charge on any atom is -0.486 e. The van der Waals surface area contributed by atoms with E-state index in [-0.39, 0.29) is 18.6 Å². The van der Waals surface area contributed by atoms with Crippen molar-refractivity contribution in [3.63, 3.8) is 0 Å². The molecule has 0 aromatic heterocycles. The van der Waals surface area contributed by atoms with Crippen LogP contribution >= 0.6 is 0 Å². The van der Waals surface area contributed by atoms with Gasteiger partial charge in [-0.1, -0.05) is 6.07 Å². The summed E-state index contributed by atoms with van der Waals surface area (Å²) in [5, 5.41) is 2.87. The van der Waals surface area contributed by atoms with Gasteiger partial charge in [0.25, 0.3) is 5.91 Å². The van der Waals surface area contributed by atoms with E-state index in [0.29, 0.717) is 36.0 Å². The lowest BCUT2D eigenvalue weighted by molar-refractivity contribution is -0.123. The van der Waals surface area contributed by atoms with Crippen LogP contribution in [0.3, 0.4) is 0 Å². The number of carbonyl (C=O) groups is 2. The van der Waals surface area contributed by atoms with Gasteiger partial charge >= 0.3 is 0 Å². The number of hydrogen-bond acceptors (Lipinski definition) is 5. The topological polar surface area (TPSA) is 99.9 Å². The van der Waals surface area contributed by atoms with Crippen molar-refractivity contribution in [1.82, 2.24) is 5.32 Å². The highest BCUT2D eigenvalue weighted by molar-refractivity contribution is 5.92. The van der Waals surface area contributed by atoms with Gasteiger partial charge in [0.15, 0.2) is 18.1 Å². The average molecular weight is 356 g/mol. The summed E-state index contributed by atoms with van der Waals surface area (Å²) in [7, 11) is 0. The van der Waals surface area contributed by atoms with Crippen LogP contribution < -0.4 is 25.3 Å². The maximum atomic E-state index is 12.1. The second-order valence-electron chi connectivity index (χ2n) is 5.87. The number of benzene rings is 2. The normalized spacial score (nSPS) is 13.6. The maximum Gasteiger partial charge on any atom is 0.258 e. The highest BCUT2D eigenvalue weighted by atomic mass is 16.6. The van der Waals surface area contributed by atoms with Crippen molar-refractivity contribution in [2.45, 2.75) is 13.0 Å². The monoisotopic (exact) mass is 356 g/mol. The number of amides is 2. The van der Waals surface area contributed by atoms with Crippen molar-refractivity contribution in [3.05, 3.63) is 53.6 Å². The van der Waals surface area contributed by atoms with Crippen molar-refractivity contribution in [2.75, 3.05) is 19.8 Å². The number of nitrogens with two attached hydrogens (primary N) is 1. The van der Waals surface area contributed by atoms with Crippen LogP contribution in [0.2, 0.25) is 0 Å². The van der Waals surface area contributed by atoms with E-state index in [1.807, 2.05) is 25.1 Å². The number of fused-ring (bicyclic) bond motifs is 1. The van der Waals surface area contributed by atoms with E-state index in [1.165, 1.54) is 0 Å². The van der Waals surface area contributed by atoms with Crippen molar-refractivity contribution in [1.29, 1.82) is 0 Å². The van der Waals surface area contributed by atoms with E-state index in [4.69, 9.17) is 19.9 Å². The quantitative estimate of drug-likeness (QED) is 0.822. The summed E-state index contributed by atoms with van der Waals surface area (Å²) in [6.45, 7) is 2.80. The van der Waals surface area contributed by atoms with Gasteiger partial charge < -0.3 is 25.3 Å². The highest BCUT2D eigenvalue weighted by Gasteiger charge is 2.16. The van der Waals surface area contributed by atoms with Crippen LogP contribution in [0.5, 0.6) is 17.2 Å². The molecule has 0 unspecified atom stereocenters. The molecule has 2 aromatic rings. The van der Waals surface area contributed by atoms with Gasteiger partial charge in [-0.25, -0.2) is 0 Å². The summed E-state index contributed by atoms with van der Waals surface area (Å²) in [5.41, 5.74) is 6.47. The Hall–Kier alpha value is -3.22. The molecule has 136 valence electrons. The molecule has 0 saturated carbocycles. The predicted molar refractivity (Wildman–Crippen MR) is 94.4 cm³/mol. The third-order valence-corrected chi connectivity index (χ3v) is 3.95. The van der Waals surface area contributed by atoms with Crippen molar-refractivity contribution in [2.24, 2.45) is 5.73 Å². The molecule has 0 fully saturated rings. The van der Waals surface area contributed by atoms with E-state index in [9.17, 15) is 9.59 Å². The van der Waals surface area contributed by atoms with Gasteiger partial charge in [-0.05, 0) is 48.9 Å². The SMILES string of the molecule is C[C@@H](NC(=O)COc1ccc(C(N)=O)cc1)c1ccc2c(c1)OCCO2. The van der Waals surface area contributed by atoms with E-state index < -0.39 is 5.91 Å². The number of ether oxygens (including phenoxy) is 3. The summed E-state index contributed by atoms with van der Waals surface area (Å²) in [5.74, 6) is 1.10. The van der Waals surface area contributed by atoms with Crippen molar-refractivity contribution in [3.8, 4) is 17.2 Å². The van der Waals surface area contributed by atoms with Crippen LogP contribution in [0.4, 0.5) is 0 Å². The standard InChI is InChI=1S/C19H20N2O5/c1-12(14-4-7-16-17(10-14)25-9-8-24-16)21-18(22)11-26-15-5-2-13(3-6-15)19(20)23/h2-7,10,12H,8-9,11H2,1H3,(H2,20,23)(H,21,22)/t12-/m1/s1. The number of nitrogens with one attached hydrogen (secondary N) is 1. The summed E-state index contributed by atoms with van der Waals surface area (Å²) in [6.07, 6.45) is 0. The number of primary amides is 1. The van der Waals surface area contributed by atoms with Gasteiger partial charge in [0, 0.05) is 5.56 Å². The van der Waals surface area contributed by atoms with Gasteiger partial charge in [0.1, 0.15) is 19.0 Å². The molecule has 0 radical (unpaired) electrons. The summed E-state index contributed by atoms with van der Waals surface area (Å²) in [4.78, 5) is 23.1. The molecule has 0 aliphatic carbocycles. The summed E-state index contributed by atoms with van der Waals surface area (Å²) in [6, 6.07) is 11.7. The van der Waals surface area contributed by atoms with Gasteiger partial charge in [0.05, 0.1) is 6.04 Å². The summed E-state index contributed by atoms with van der Waals surface area (Å²) >= 11 is 0. The lowest BCUT2D eigenvalue weighted by atomic mass is 10.1.